The van der Waals surface area contributed by atoms with Crippen molar-refractivity contribution in [1.29, 1.82) is 0 Å². The number of hydrogen-bond acceptors (Lipinski definition) is 9. The van der Waals surface area contributed by atoms with E-state index in [1.165, 1.54) is 32.0 Å². The zero-order valence-electron chi connectivity index (χ0n) is 18.5. The summed E-state index contributed by atoms with van der Waals surface area (Å²) >= 11 is 0. The van der Waals surface area contributed by atoms with Crippen LogP contribution in [0.4, 0.5) is 10.3 Å². The van der Waals surface area contributed by atoms with Crippen LogP contribution in [0.5, 0.6) is 11.5 Å². The van der Waals surface area contributed by atoms with Gasteiger partial charge in [0.05, 0.1) is 38.1 Å². The topological polar surface area (TPSA) is 134 Å². The summed E-state index contributed by atoms with van der Waals surface area (Å²) in [6.45, 7) is 1.48. The van der Waals surface area contributed by atoms with Crippen LogP contribution in [0.15, 0.2) is 53.4 Å². The van der Waals surface area contributed by atoms with Crippen LogP contribution >= 0.6 is 0 Å². The number of hydrogen-bond donors (Lipinski definition) is 1. The summed E-state index contributed by atoms with van der Waals surface area (Å²) in [4.78, 5) is 7.66. The summed E-state index contributed by atoms with van der Waals surface area (Å²) in [5, 5.41) is 7.22. The third-order valence-corrected chi connectivity index (χ3v) is 6.63. The first kappa shape index (κ1) is 23.2. The second-order valence-corrected chi connectivity index (χ2v) is 9.25. The lowest BCUT2D eigenvalue weighted by molar-refractivity contribution is 0.391. The van der Waals surface area contributed by atoms with Crippen molar-refractivity contribution in [1.82, 2.24) is 24.7 Å². The van der Waals surface area contributed by atoms with E-state index >= 15 is 0 Å². The third kappa shape index (κ3) is 4.55. The molecule has 11 nitrogen and oxygen atoms in total. The molecule has 178 valence electrons. The number of anilines is 1. The van der Waals surface area contributed by atoms with Gasteiger partial charge in [-0.2, -0.15) is 0 Å². The molecule has 4 rings (SSSR count). The zero-order chi connectivity index (χ0) is 24.3. The SMILES string of the molecule is COc1cccc(OC)c1-n1c(NS(=O)(=O)[C@@H](C)Cc2ncc(F)cn2)nnc1-c1ccco1. The maximum absolute atomic E-state index is 13.2. The van der Waals surface area contributed by atoms with Crippen molar-refractivity contribution in [2.24, 2.45) is 0 Å². The average molecular weight is 489 g/mol. The van der Waals surface area contributed by atoms with Crippen LogP contribution in [0.3, 0.4) is 0 Å². The average Bonchev–Trinajstić information content (AvgIpc) is 3.49. The summed E-state index contributed by atoms with van der Waals surface area (Å²) in [5.74, 6) is 0.810. The Hall–Kier alpha value is -4.00. The standard InChI is InChI=1S/C21H21FN6O5S/c1-13(10-18-23-11-14(22)12-24-18)34(29,30)27-21-26-25-20(17-8-5-9-33-17)28(21)19-15(31-2)6-4-7-16(19)32-3/h4-9,11-13H,10H2,1-3H3,(H,26,27)/t13-/m0/s1. The van der Waals surface area contributed by atoms with Gasteiger partial charge < -0.3 is 13.9 Å². The first-order chi connectivity index (χ1) is 16.3. The zero-order valence-corrected chi connectivity index (χ0v) is 19.3. The van der Waals surface area contributed by atoms with Crippen molar-refractivity contribution < 1.29 is 26.7 Å². The number of nitrogens with one attached hydrogen (secondary N) is 1. The van der Waals surface area contributed by atoms with Crippen molar-refractivity contribution in [3.8, 4) is 28.8 Å². The van der Waals surface area contributed by atoms with Gasteiger partial charge in [0.25, 0.3) is 0 Å². The van der Waals surface area contributed by atoms with Crippen molar-refractivity contribution in [2.45, 2.75) is 18.6 Å². The fraction of sp³-hybridized carbons (Fsp3) is 0.238. The normalized spacial score (nSPS) is 12.4. The van der Waals surface area contributed by atoms with Gasteiger partial charge >= 0.3 is 0 Å². The molecule has 0 saturated heterocycles. The summed E-state index contributed by atoms with van der Waals surface area (Å²) < 4.78 is 59.8. The molecule has 0 aliphatic carbocycles. The predicted octanol–water partition coefficient (Wildman–Crippen LogP) is 2.85. The monoisotopic (exact) mass is 488 g/mol. The van der Waals surface area contributed by atoms with Gasteiger partial charge in [-0.05, 0) is 31.2 Å². The number of halogens is 1. The maximum atomic E-state index is 13.2. The predicted molar refractivity (Wildman–Crippen MR) is 120 cm³/mol. The first-order valence-corrected chi connectivity index (χ1v) is 11.6. The Morgan fingerprint density at radius 2 is 1.76 bits per heavy atom. The second-order valence-electron chi connectivity index (χ2n) is 7.15. The number of ether oxygens (including phenoxy) is 2. The molecular formula is C21H21FN6O5S. The van der Waals surface area contributed by atoms with Crippen molar-refractivity contribution in [2.75, 3.05) is 18.9 Å². The molecule has 1 atom stereocenters. The summed E-state index contributed by atoms with van der Waals surface area (Å²) in [7, 11) is -1.05. The number of aromatic nitrogens is 5. The Kier molecular flexibility index (Phi) is 6.45. The Bertz CT molecular complexity index is 1350. The highest BCUT2D eigenvalue weighted by Gasteiger charge is 2.29. The van der Waals surface area contributed by atoms with E-state index in [1.54, 1.807) is 30.3 Å². The van der Waals surface area contributed by atoms with Gasteiger partial charge in [-0.15, -0.1) is 10.2 Å². The van der Waals surface area contributed by atoms with Crippen LogP contribution in [0, 0.1) is 5.82 Å². The molecule has 13 heteroatoms. The Morgan fingerprint density at radius 3 is 2.35 bits per heavy atom. The Balaban J connectivity index is 1.77. The quantitative estimate of drug-likeness (QED) is 0.377. The van der Waals surface area contributed by atoms with Crippen LogP contribution in [0.2, 0.25) is 0 Å². The van der Waals surface area contributed by atoms with Gasteiger partial charge in [-0.1, -0.05) is 6.07 Å². The lowest BCUT2D eigenvalue weighted by Gasteiger charge is -2.18. The molecule has 34 heavy (non-hydrogen) atoms. The summed E-state index contributed by atoms with van der Waals surface area (Å²) in [5.41, 5.74) is 0.371. The number of para-hydroxylation sites is 1. The lowest BCUT2D eigenvalue weighted by atomic mass is 10.2. The van der Waals surface area contributed by atoms with Gasteiger partial charge in [0.15, 0.2) is 11.6 Å². The molecule has 0 unspecified atom stereocenters. The van der Waals surface area contributed by atoms with Gasteiger partial charge in [0.2, 0.25) is 21.8 Å². The molecule has 0 spiro atoms. The summed E-state index contributed by atoms with van der Waals surface area (Å²) in [6.07, 6.45) is 3.37. The Labute approximate surface area is 194 Å². The lowest BCUT2D eigenvalue weighted by Crippen LogP contribution is -2.29. The van der Waals surface area contributed by atoms with Crippen molar-refractivity contribution in [3.63, 3.8) is 0 Å². The minimum absolute atomic E-state index is 0.0488. The largest absolute Gasteiger partial charge is 0.494 e. The third-order valence-electron chi connectivity index (χ3n) is 4.94. The molecule has 1 N–H and O–H groups in total. The Morgan fingerprint density at radius 1 is 1.09 bits per heavy atom. The number of nitrogens with zero attached hydrogens (tertiary/aromatic N) is 5. The van der Waals surface area contributed by atoms with Crippen LogP contribution < -0.4 is 14.2 Å². The van der Waals surface area contributed by atoms with E-state index in [4.69, 9.17) is 13.9 Å². The maximum Gasteiger partial charge on any atom is 0.243 e. The van der Waals surface area contributed by atoms with Gasteiger partial charge in [0.1, 0.15) is 23.0 Å². The highest BCUT2D eigenvalue weighted by Crippen LogP contribution is 2.37. The van der Waals surface area contributed by atoms with E-state index < -0.39 is 21.1 Å². The van der Waals surface area contributed by atoms with E-state index in [9.17, 15) is 12.8 Å². The van der Waals surface area contributed by atoms with E-state index in [2.05, 4.69) is 24.9 Å². The number of sulfonamides is 1. The van der Waals surface area contributed by atoms with Crippen molar-refractivity contribution in [3.05, 3.63) is 60.6 Å². The number of furan rings is 1. The number of methoxy groups -OCH3 is 2. The van der Waals surface area contributed by atoms with E-state index in [-0.39, 0.29) is 24.0 Å². The van der Waals surface area contributed by atoms with Crippen LogP contribution in [-0.4, -0.2) is 52.6 Å². The molecule has 0 aliphatic rings. The molecular weight excluding hydrogens is 467 g/mol. The van der Waals surface area contributed by atoms with Crippen molar-refractivity contribution >= 4 is 16.0 Å². The van der Waals surface area contributed by atoms with Crippen LogP contribution in [0.25, 0.3) is 17.3 Å². The molecule has 0 bridgehead atoms. The molecule has 0 fully saturated rings. The highest BCUT2D eigenvalue weighted by molar-refractivity contribution is 7.93. The molecule has 0 aliphatic heterocycles. The fourth-order valence-corrected chi connectivity index (χ4v) is 4.17. The minimum atomic E-state index is -4.01. The molecule has 0 amide bonds. The molecule has 0 saturated carbocycles. The number of rotatable bonds is 9. The molecule has 3 aromatic heterocycles. The minimum Gasteiger partial charge on any atom is -0.494 e. The smallest absolute Gasteiger partial charge is 0.243 e. The fourth-order valence-electron chi connectivity index (χ4n) is 3.22. The van der Waals surface area contributed by atoms with Crippen LogP contribution in [-0.2, 0) is 16.4 Å². The van der Waals surface area contributed by atoms with E-state index in [0.29, 0.717) is 22.9 Å². The first-order valence-electron chi connectivity index (χ1n) is 10.0. The van der Waals surface area contributed by atoms with E-state index in [0.717, 1.165) is 12.4 Å². The van der Waals surface area contributed by atoms with Gasteiger partial charge in [-0.3, -0.25) is 9.29 Å². The van der Waals surface area contributed by atoms with E-state index in [1.807, 2.05) is 0 Å². The molecule has 1 aromatic carbocycles. The highest BCUT2D eigenvalue weighted by atomic mass is 32.2. The molecule has 3 heterocycles. The molecule has 4 aromatic rings. The van der Waals surface area contributed by atoms with Gasteiger partial charge in [-0.25, -0.2) is 22.8 Å². The summed E-state index contributed by atoms with van der Waals surface area (Å²) in [6, 6.07) is 8.44. The number of benzene rings is 1. The molecule has 0 radical (unpaired) electrons. The van der Waals surface area contributed by atoms with Crippen LogP contribution in [0.1, 0.15) is 12.7 Å². The van der Waals surface area contributed by atoms with Gasteiger partial charge in [0, 0.05) is 6.42 Å². The second kappa shape index (κ2) is 9.47.